The van der Waals surface area contributed by atoms with Gasteiger partial charge in [0.15, 0.2) is 0 Å². The first-order valence-corrected chi connectivity index (χ1v) is 22.9. The molecule has 0 heteroatoms. The van der Waals surface area contributed by atoms with Crippen LogP contribution >= 0.6 is 0 Å². The summed E-state index contributed by atoms with van der Waals surface area (Å²) in [5.74, 6) is 1.36. The third-order valence-corrected chi connectivity index (χ3v) is 10.4. The maximum atomic E-state index is 2.67. The van der Waals surface area contributed by atoms with E-state index in [0.29, 0.717) is 17.8 Å². The van der Waals surface area contributed by atoms with Gasteiger partial charge in [0.05, 0.1) is 0 Å². The molecule has 0 aromatic carbocycles. The van der Waals surface area contributed by atoms with E-state index in [4.69, 9.17) is 0 Å². The second-order valence-corrected chi connectivity index (χ2v) is 15.2. The minimum atomic E-state index is 0.370. The third-order valence-electron chi connectivity index (χ3n) is 10.4. The smallest absolute Gasteiger partial charge is 0.00891 e. The molecule has 0 aliphatic carbocycles. The summed E-state index contributed by atoms with van der Waals surface area (Å²) in [5.41, 5.74) is 3.11. The maximum absolute atomic E-state index is 2.67. The van der Waals surface area contributed by atoms with Gasteiger partial charge < -0.3 is 0 Å². The molecule has 3 atom stereocenters. The van der Waals surface area contributed by atoms with Gasteiger partial charge in [0.25, 0.3) is 0 Å². The third kappa shape index (κ3) is 28.4. The minimum Gasteiger partial charge on any atom is -0.0882 e. The molecule has 0 aliphatic rings. The molecule has 0 radical (unpaired) electrons. The highest BCUT2D eigenvalue weighted by atomic mass is 14.3. The fourth-order valence-electron chi connectivity index (χ4n) is 7.00. The highest BCUT2D eigenvalue weighted by molar-refractivity contribution is 5.40. The Morgan fingerprint density at radius 3 is 1.29 bits per heavy atom. The Balaban J connectivity index is 7.29. The van der Waals surface area contributed by atoms with E-state index in [-0.39, 0.29) is 0 Å². The SMILES string of the molecule is CCCCCC=CC(CC=CCCCCCC)=C(C=CCCCCC)C(C=CCCCCC)C(C=CCCCCC)C(C=CCCCCC)CC. The zero-order valence-corrected chi connectivity index (χ0v) is 35.8. The lowest BCUT2D eigenvalue weighted by Crippen LogP contribution is -2.22. The zero-order chi connectivity index (χ0) is 37.5. The summed E-state index contributed by atoms with van der Waals surface area (Å²) in [4.78, 5) is 0. The number of allylic oxidation sites excluding steroid dienone is 14. The van der Waals surface area contributed by atoms with Gasteiger partial charge in [-0.2, -0.15) is 0 Å². The van der Waals surface area contributed by atoms with Crippen LogP contribution in [0.1, 0.15) is 222 Å². The topological polar surface area (TPSA) is 0 Å². The molecule has 51 heavy (non-hydrogen) atoms. The first-order valence-electron chi connectivity index (χ1n) is 22.9. The Morgan fingerprint density at radius 1 is 0.373 bits per heavy atom. The average molecular weight is 703 g/mol. The van der Waals surface area contributed by atoms with Crippen molar-refractivity contribution in [2.24, 2.45) is 17.8 Å². The van der Waals surface area contributed by atoms with Crippen molar-refractivity contribution in [2.45, 2.75) is 222 Å². The average Bonchev–Trinajstić information content (AvgIpc) is 3.14. The largest absolute Gasteiger partial charge is 0.0882 e. The van der Waals surface area contributed by atoms with Crippen LogP contribution in [-0.2, 0) is 0 Å². The van der Waals surface area contributed by atoms with Crippen LogP contribution in [0, 0.1) is 17.8 Å². The first-order chi connectivity index (χ1) is 25.1. The van der Waals surface area contributed by atoms with Crippen LogP contribution in [-0.4, -0.2) is 0 Å². The van der Waals surface area contributed by atoms with Crippen molar-refractivity contribution in [3.63, 3.8) is 0 Å². The van der Waals surface area contributed by atoms with Crippen LogP contribution in [0.25, 0.3) is 0 Å². The van der Waals surface area contributed by atoms with Gasteiger partial charge in [-0.05, 0) is 113 Å². The van der Waals surface area contributed by atoms with E-state index in [1.165, 1.54) is 173 Å². The van der Waals surface area contributed by atoms with Crippen molar-refractivity contribution in [1.29, 1.82) is 0 Å². The van der Waals surface area contributed by atoms with Crippen LogP contribution in [0.15, 0.2) is 84.1 Å². The van der Waals surface area contributed by atoms with Crippen LogP contribution in [0.3, 0.4) is 0 Å². The van der Waals surface area contributed by atoms with E-state index in [9.17, 15) is 0 Å². The predicted octanol–water partition coefficient (Wildman–Crippen LogP) is 18.1. The maximum Gasteiger partial charge on any atom is 0.00891 e. The first kappa shape index (κ1) is 49.2. The van der Waals surface area contributed by atoms with Gasteiger partial charge in [0.2, 0.25) is 0 Å². The van der Waals surface area contributed by atoms with Crippen molar-refractivity contribution in [3.05, 3.63) is 84.1 Å². The zero-order valence-electron chi connectivity index (χ0n) is 35.8. The number of hydrogen-bond donors (Lipinski definition) is 0. The van der Waals surface area contributed by atoms with Gasteiger partial charge in [0.1, 0.15) is 0 Å². The van der Waals surface area contributed by atoms with Crippen LogP contribution in [0.5, 0.6) is 0 Å². The molecule has 294 valence electrons. The lowest BCUT2D eigenvalue weighted by molar-refractivity contribution is 0.397. The Kier molecular flexibility index (Phi) is 38.0. The summed E-state index contributed by atoms with van der Waals surface area (Å²) >= 11 is 0. The number of hydrogen-bond acceptors (Lipinski definition) is 0. The molecule has 0 saturated carbocycles. The number of unbranched alkanes of at least 4 members (excludes halogenated alkanes) is 19. The highest BCUT2D eigenvalue weighted by Gasteiger charge is 2.27. The highest BCUT2D eigenvalue weighted by Crippen LogP contribution is 2.37. The van der Waals surface area contributed by atoms with E-state index in [2.05, 4.69) is 121 Å². The summed E-state index contributed by atoms with van der Waals surface area (Å²) in [6, 6.07) is 0. The molecule has 0 N–H and O–H groups in total. The minimum absolute atomic E-state index is 0.370. The lowest BCUT2D eigenvalue weighted by Gasteiger charge is -2.31. The molecule has 0 heterocycles. The molecule has 3 unspecified atom stereocenters. The normalized spacial score (nSPS) is 15.1. The molecule has 0 aromatic rings. The Hall–Kier alpha value is -1.82. The van der Waals surface area contributed by atoms with Gasteiger partial charge in [-0.3, -0.25) is 0 Å². The van der Waals surface area contributed by atoms with Crippen molar-refractivity contribution >= 4 is 0 Å². The lowest BCUT2D eigenvalue weighted by atomic mass is 9.73. The summed E-state index contributed by atoms with van der Waals surface area (Å²) in [7, 11) is 0. The van der Waals surface area contributed by atoms with Crippen LogP contribution < -0.4 is 0 Å². The summed E-state index contributed by atoms with van der Waals surface area (Å²) in [6.45, 7) is 16.3. The van der Waals surface area contributed by atoms with Crippen molar-refractivity contribution in [3.8, 4) is 0 Å². The fraction of sp³-hybridized carbons (Fsp3) is 0.725. The van der Waals surface area contributed by atoms with Crippen molar-refractivity contribution < 1.29 is 0 Å². The summed E-state index contributed by atoms with van der Waals surface area (Å²) in [6.07, 6.45) is 65.0. The van der Waals surface area contributed by atoms with Gasteiger partial charge in [-0.25, -0.2) is 0 Å². The van der Waals surface area contributed by atoms with Crippen molar-refractivity contribution in [1.82, 2.24) is 0 Å². The quantitative estimate of drug-likeness (QED) is 0.0346. The Bertz CT molecular complexity index is 933. The van der Waals surface area contributed by atoms with E-state index < -0.39 is 0 Å². The molecule has 0 rings (SSSR count). The molecule has 0 fully saturated rings. The van der Waals surface area contributed by atoms with Gasteiger partial charge >= 0.3 is 0 Å². The van der Waals surface area contributed by atoms with Gasteiger partial charge in [0, 0.05) is 5.92 Å². The van der Waals surface area contributed by atoms with E-state index >= 15 is 0 Å². The molecule has 0 spiro atoms. The molecular formula is C51H90. The molecule has 0 bridgehead atoms. The Labute approximate surface area is 322 Å². The Morgan fingerprint density at radius 2 is 0.784 bits per heavy atom. The van der Waals surface area contributed by atoms with E-state index in [1.54, 1.807) is 5.57 Å². The molecule has 0 aliphatic heterocycles. The molecule has 0 saturated heterocycles. The second kappa shape index (κ2) is 39.4. The van der Waals surface area contributed by atoms with E-state index in [1.807, 2.05) is 0 Å². The van der Waals surface area contributed by atoms with Gasteiger partial charge in [-0.1, -0.05) is 205 Å². The van der Waals surface area contributed by atoms with E-state index in [0.717, 1.165) is 6.42 Å². The standard InChI is InChI=1S/C51H90/c1-8-15-21-27-28-34-37-43-48(42-36-30-23-17-10-3)50(45-39-32-25-19-12-5)51(46-40-33-26-20-13-6)49(44-38-31-24-18-11-4)47(14-7)41-35-29-22-16-9-2/h34-42,44-47,49,51H,8-33,43H2,1-7H3. The second-order valence-electron chi connectivity index (χ2n) is 15.2. The van der Waals surface area contributed by atoms with Crippen molar-refractivity contribution in [2.75, 3.05) is 0 Å². The molecule has 0 amide bonds. The molecule has 0 aromatic heterocycles. The van der Waals surface area contributed by atoms with Crippen LogP contribution in [0.4, 0.5) is 0 Å². The monoisotopic (exact) mass is 703 g/mol. The molecular weight excluding hydrogens is 613 g/mol. The van der Waals surface area contributed by atoms with Crippen LogP contribution in [0.2, 0.25) is 0 Å². The summed E-state index contributed by atoms with van der Waals surface area (Å²) in [5, 5.41) is 0. The fourth-order valence-corrected chi connectivity index (χ4v) is 7.00. The van der Waals surface area contributed by atoms with Gasteiger partial charge in [-0.15, -0.1) is 0 Å². The summed E-state index contributed by atoms with van der Waals surface area (Å²) < 4.78 is 0. The predicted molar refractivity (Wildman–Crippen MR) is 237 cm³/mol. The number of rotatable bonds is 36. The molecule has 0 nitrogen and oxygen atoms in total.